The van der Waals surface area contributed by atoms with E-state index in [1.54, 1.807) is 17.9 Å². The first kappa shape index (κ1) is 20.0. The van der Waals surface area contributed by atoms with Crippen molar-refractivity contribution in [2.75, 3.05) is 31.3 Å². The van der Waals surface area contributed by atoms with Gasteiger partial charge in [-0.2, -0.15) is 0 Å². The molecule has 0 aromatic heterocycles. The van der Waals surface area contributed by atoms with Gasteiger partial charge in [-0.25, -0.2) is 4.79 Å². The summed E-state index contributed by atoms with van der Waals surface area (Å²) in [7, 11) is 3.62. The van der Waals surface area contributed by atoms with E-state index in [-0.39, 0.29) is 11.7 Å². The van der Waals surface area contributed by atoms with Crippen molar-refractivity contribution in [2.45, 2.75) is 6.92 Å². The number of para-hydroxylation sites is 2. The lowest BCUT2D eigenvalue weighted by molar-refractivity contribution is 0.158. The van der Waals surface area contributed by atoms with E-state index < -0.39 is 6.09 Å². The molecule has 4 N–H and O–H groups in total. The highest BCUT2D eigenvalue weighted by molar-refractivity contribution is 7.82. The Hall–Kier alpha value is -2.04. The smallest absolute Gasteiger partial charge is 0.413 e. The van der Waals surface area contributed by atoms with Crippen molar-refractivity contribution < 1.29 is 9.53 Å². The van der Waals surface area contributed by atoms with Gasteiger partial charge >= 0.3 is 6.09 Å². The highest BCUT2D eigenvalue weighted by Gasteiger charge is 2.09. The lowest BCUT2D eigenvalue weighted by Crippen LogP contribution is -2.40. The van der Waals surface area contributed by atoms with E-state index in [0.29, 0.717) is 21.6 Å². The molecule has 7 nitrogen and oxygen atoms in total. The van der Waals surface area contributed by atoms with E-state index in [9.17, 15) is 4.79 Å². The minimum absolute atomic E-state index is 0.116. The van der Waals surface area contributed by atoms with Crippen LogP contribution < -0.4 is 21.3 Å². The van der Waals surface area contributed by atoms with Crippen LogP contribution in [-0.4, -0.2) is 47.0 Å². The highest BCUT2D eigenvalue weighted by atomic mass is 32.1. The number of nitrogens with zero attached hydrogens (tertiary/aromatic N) is 1. The molecule has 0 atom stereocenters. The number of amides is 1. The molecule has 10 heteroatoms. The van der Waals surface area contributed by atoms with Gasteiger partial charge in [0, 0.05) is 14.1 Å². The van der Waals surface area contributed by atoms with E-state index in [1.165, 1.54) is 0 Å². The standard InChI is InChI=1S/C14H19N5O2S3/c1-4-21-14(20)18-12(23)16-10-8-6-5-7-9(10)15-11(22)17-13(24)19(2)3/h5-8H,4H2,1-3H3,(H2,15,17,22,24)(H2,16,18,20,23). The number of hydrogen-bond donors (Lipinski definition) is 4. The third kappa shape index (κ3) is 7.02. The van der Waals surface area contributed by atoms with Gasteiger partial charge < -0.3 is 25.6 Å². The number of hydrogen-bond acceptors (Lipinski definition) is 5. The molecule has 1 rings (SSSR count). The highest BCUT2D eigenvalue weighted by Crippen LogP contribution is 2.20. The van der Waals surface area contributed by atoms with Crippen molar-refractivity contribution in [3.63, 3.8) is 0 Å². The van der Waals surface area contributed by atoms with Crippen molar-refractivity contribution in [3.05, 3.63) is 24.3 Å². The van der Waals surface area contributed by atoms with Crippen molar-refractivity contribution in [2.24, 2.45) is 0 Å². The van der Waals surface area contributed by atoms with Gasteiger partial charge in [-0.1, -0.05) is 12.1 Å². The first-order valence-electron chi connectivity index (χ1n) is 6.96. The molecule has 24 heavy (non-hydrogen) atoms. The average Bonchev–Trinajstić information content (AvgIpc) is 2.49. The molecular weight excluding hydrogens is 366 g/mol. The Morgan fingerprint density at radius 3 is 2.00 bits per heavy atom. The summed E-state index contributed by atoms with van der Waals surface area (Å²) in [5, 5.41) is 12.2. The van der Waals surface area contributed by atoms with Crippen molar-refractivity contribution in [1.82, 2.24) is 15.5 Å². The summed E-state index contributed by atoms with van der Waals surface area (Å²) in [6.07, 6.45) is -0.617. The molecular formula is C14H19N5O2S3. The minimum Gasteiger partial charge on any atom is -0.450 e. The molecule has 0 spiro atoms. The van der Waals surface area contributed by atoms with Crippen LogP contribution in [0, 0.1) is 0 Å². The zero-order valence-electron chi connectivity index (χ0n) is 13.5. The fraction of sp³-hybridized carbons (Fsp3) is 0.286. The van der Waals surface area contributed by atoms with Gasteiger partial charge in [0.2, 0.25) is 0 Å². The van der Waals surface area contributed by atoms with Gasteiger partial charge in [-0.3, -0.25) is 5.32 Å². The van der Waals surface area contributed by atoms with Crippen LogP contribution in [0.25, 0.3) is 0 Å². The summed E-state index contributed by atoms with van der Waals surface area (Å²) in [6.45, 7) is 1.97. The van der Waals surface area contributed by atoms with E-state index in [4.69, 9.17) is 41.4 Å². The lowest BCUT2D eigenvalue weighted by Gasteiger charge is -2.18. The maximum atomic E-state index is 11.4. The maximum Gasteiger partial charge on any atom is 0.413 e. The number of anilines is 2. The minimum atomic E-state index is -0.617. The second-order valence-corrected chi connectivity index (χ2v) is 5.83. The molecule has 130 valence electrons. The van der Waals surface area contributed by atoms with Crippen molar-refractivity contribution in [1.29, 1.82) is 0 Å². The predicted molar refractivity (Wildman–Crippen MR) is 108 cm³/mol. The largest absolute Gasteiger partial charge is 0.450 e. The van der Waals surface area contributed by atoms with Crippen LogP contribution in [-0.2, 0) is 4.74 Å². The fourth-order valence-electron chi connectivity index (χ4n) is 1.48. The Kier molecular flexibility index (Phi) is 8.30. The summed E-state index contributed by atoms with van der Waals surface area (Å²) in [6, 6.07) is 7.25. The monoisotopic (exact) mass is 385 g/mol. The Bertz CT molecular complexity index is 637. The number of thiocarbonyl (C=S) groups is 3. The van der Waals surface area contributed by atoms with E-state index in [2.05, 4.69) is 21.3 Å². The third-order valence-electron chi connectivity index (χ3n) is 2.54. The van der Waals surface area contributed by atoms with Gasteiger partial charge in [0.1, 0.15) is 0 Å². The van der Waals surface area contributed by atoms with Gasteiger partial charge in [-0.15, -0.1) is 0 Å². The molecule has 0 saturated carbocycles. The van der Waals surface area contributed by atoms with Gasteiger partial charge in [0.15, 0.2) is 15.3 Å². The second-order valence-electron chi connectivity index (χ2n) is 4.62. The summed E-state index contributed by atoms with van der Waals surface area (Å²) in [5.74, 6) is 0. The number of nitrogens with one attached hydrogen (secondary N) is 4. The lowest BCUT2D eigenvalue weighted by atomic mass is 10.2. The number of carbonyl (C=O) groups is 1. The molecule has 0 heterocycles. The SMILES string of the molecule is CCOC(=O)NC(=S)Nc1ccccc1NC(=S)NC(=S)N(C)C. The van der Waals surface area contributed by atoms with Crippen molar-refractivity contribution >= 4 is 69.5 Å². The third-order valence-corrected chi connectivity index (χ3v) is 3.42. The zero-order chi connectivity index (χ0) is 18.1. The quantitative estimate of drug-likeness (QED) is 0.586. The Balaban J connectivity index is 2.71. The van der Waals surface area contributed by atoms with Crippen LogP contribution in [0.5, 0.6) is 0 Å². The molecule has 0 unspecified atom stereocenters. The van der Waals surface area contributed by atoms with Crippen LogP contribution in [0.4, 0.5) is 16.2 Å². The van der Waals surface area contributed by atoms with E-state index >= 15 is 0 Å². The molecule has 0 bridgehead atoms. The van der Waals surface area contributed by atoms with Crippen LogP contribution in [0.3, 0.4) is 0 Å². The maximum absolute atomic E-state index is 11.4. The topological polar surface area (TPSA) is 77.7 Å². The zero-order valence-corrected chi connectivity index (χ0v) is 16.0. The van der Waals surface area contributed by atoms with E-state index in [1.807, 2.05) is 32.3 Å². The van der Waals surface area contributed by atoms with Crippen LogP contribution in [0.15, 0.2) is 24.3 Å². The van der Waals surface area contributed by atoms with Crippen LogP contribution in [0.1, 0.15) is 6.92 Å². The number of carbonyl (C=O) groups excluding carboxylic acids is 1. The van der Waals surface area contributed by atoms with Crippen LogP contribution in [0.2, 0.25) is 0 Å². The first-order valence-corrected chi connectivity index (χ1v) is 8.19. The Morgan fingerprint density at radius 1 is 1.04 bits per heavy atom. The average molecular weight is 386 g/mol. The molecule has 0 aliphatic heterocycles. The second kappa shape index (κ2) is 9.96. The number of rotatable bonds is 3. The molecule has 0 fully saturated rings. The normalized spacial score (nSPS) is 9.46. The van der Waals surface area contributed by atoms with Crippen LogP contribution >= 0.6 is 36.7 Å². The summed E-state index contributed by atoms with van der Waals surface area (Å²) < 4.78 is 4.77. The summed E-state index contributed by atoms with van der Waals surface area (Å²) in [5.41, 5.74) is 1.31. The first-order chi connectivity index (χ1) is 11.3. The van der Waals surface area contributed by atoms with Gasteiger partial charge in [-0.05, 0) is 55.7 Å². The molecule has 0 saturated heterocycles. The molecule has 1 aromatic carbocycles. The fourth-order valence-corrected chi connectivity index (χ4v) is 2.04. The number of benzene rings is 1. The predicted octanol–water partition coefficient (Wildman–Crippen LogP) is 2.26. The number of ether oxygens (including phenoxy) is 1. The van der Waals surface area contributed by atoms with E-state index in [0.717, 1.165) is 0 Å². The van der Waals surface area contributed by atoms with Gasteiger partial charge in [0.05, 0.1) is 18.0 Å². The molecule has 1 amide bonds. The molecule has 1 aromatic rings. The Labute approximate surface area is 157 Å². The summed E-state index contributed by atoms with van der Waals surface area (Å²) >= 11 is 15.4. The molecule has 0 aliphatic rings. The van der Waals surface area contributed by atoms with Crippen molar-refractivity contribution in [3.8, 4) is 0 Å². The summed E-state index contributed by atoms with van der Waals surface area (Å²) in [4.78, 5) is 13.1. The van der Waals surface area contributed by atoms with Gasteiger partial charge in [0.25, 0.3) is 0 Å². The Morgan fingerprint density at radius 2 is 1.54 bits per heavy atom. The molecule has 0 aliphatic carbocycles. The number of alkyl carbamates (subject to hydrolysis) is 1. The molecule has 0 radical (unpaired) electrons.